The van der Waals surface area contributed by atoms with Crippen LogP contribution in [-0.4, -0.2) is 40.6 Å². The lowest BCUT2D eigenvalue weighted by atomic mass is 9.90. The molecular weight excluding hydrogens is 328 g/mol. The van der Waals surface area contributed by atoms with Crippen LogP contribution in [0.5, 0.6) is 0 Å². The number of esters is 1. The molecule has 0 atom stereocenters. The molecule has 1 fully saturated rings. The van der Waals surface area contributed by atoms with Crippen LogP contribution in [0.15, 0.2) is 29.2 Å². The topological polar surface area (TPSA) is 84.5 Å². The highest BCUT2D eigenvalue weighted by atomic mass is 32.2. The highest BCUT2D eigenvalue weighted by molar-refractivity contribution is 7.89. The zero-order chi connectivity index (χ0) is 17.4. The van der Waals surface area contributed by atoms with Crippen LogP contribution in [0.1, 0.15) is 44.1 Å². The smallest absolute Gasteiger partial charge is 0.305 e. The zero-order valence-corrected chi connectivity index (χ0v) is 14.9. The summed E-state index contributed by atoms with van der Waals surface area (Å²) in [6.45, 7) is 4.13. The Morgan fingerprint density at radius 1 is 1.29 bits per heavy atom. The minimum atomic E-state index is -3.57. The molecule has 0 spiro atoms. The number of benzene rings is 1. The number of nitrogens with one attached hydrogen (secondary N) is 2. The van der Waals surface area contributed by atoms with Crippen LogP contribution in [-0.2, 0) is 19.6 Å². The second-order valence-corrected chi connectivity index (χ2v) is 7.60. The van der Waals surface area contributed by atoms with Crippen molar-refractivity contribution in [2.75, 3.05) is 26.2 Å². The first-order valence-electron chi connectivity index (χ1n) is 8.49. The van der Waals surface area contributed by atoms with E-state index in [4.69, 9.17) is 4.74 Å². The maximum Gasteiger partial charge on any atom is 0.305 e. The van der Waals surface area contributed by atoms with Gasteiger partial charge in [-0.05, 0) is 56.8 Å². The number of ether oxygens (including phenoxy) is 1. The van der Waals surface area contributed by atoms with Crippen molar-refractivity contribution in [3.05, 3.63) is 29.8 Å². The highest BCUT2D eigenvalue weighted by Gasteiger charge is 2.24. The van der Waals surface area contributed by atoms with Gasteiger partial charge in [-0.15, -0.1) is 0 Å². The van der Waals surface area contributed by atoms with Gasteiger partial charge in [0.2, 0.25) is 10.0 Å². The van der Waals surface area contributed by atoms with Gasteiger partial charge >= 0.3 is 5.97 Å². The van der Waals surface area contributed by atoms with Gasteiger partial charge in [-0.1, -0.05) is 18.2 Å². The second kappa shape index (κ2) is 9.15. The van der Waals surface area contributed by atoms with Gasteiger partial charge in [0.15, 0.2) is 0 Å². The molecule has 2 N–H and O–H groups in total. The number of piperidine rings is 1. The fourth-order valence-electron chi connectivity index (χ4n) is 2.95. The molecule has 6 nitrogen and oxygen atoms in total. The molecule has 2 rings (SSSR count). The molecule has 0 aliphatic carbocycles. The fourth-order valence-corrected chi connectivity index (χ4v) is 4.32. The highest BCUT2D eigenvalue weighted by Crippen LogP contribution is 2.30. The van der Waals surface area contributed by atoms with Crippen molar-refractivity contribution in [3.8, 4) is 0 Å². The average Bonchev–Trinajstić information content (AvgIpc) is 2.60. The molecule has 0 amide bonds. The molecular formula is C17H26N2O4S. The van der Waals surface area contributed by atoms with E-state index in [9.17, 15) is 13.2 Å². The Morgan fingerprint density at radius 2 is 2.00 bits per heavy atom. The van der Waals surface area contributed by atoms with Crippen molar-refractivity contribution in [2.24, 2.45) is 0 Å². The third-order valence-corrected chi connectivity index (χ3v) is 5.68. The van der Waals surface area contributed by atoms with Gasteiger partial charge in [-0.2, -0.15) is 0 Å². The number of hydrogen-bond acceptors (Lipinski definition) is 5. The Labute approximate surface area is 144 Å². The average molecular weight is 354 g/mol. The first kappa shape index (κ1) is 18.9. The molecule has 134 valence electrons. The third kappa shape index (κ3) is 5.29. The normalized spacial score (nSPS) is 16.0. The van der Waals surface area contributed by atoms with Crippen molar-refractivity contribution in [3.63, 3.8) is 0 Å². The van der Waals surface area contributed by atoms with Crippen LogP contribution in [0, 0.1) is 0 Å². The van der Waals surface area contributed by atoms with Gasteiger partial charge in [0.05, 0.1) is 11.5 Å². The molecule has 0 aromatic heterocycles. The van der Waals surface area contributed by atoms with Gasteiger partial charge in [0, 0.05) is 13.0 Å². The number of hydrogen-bond donors (Lipinski definition) is 2. The van der Waals surface area contributed by atoms with Crippen LogP contribution in [0.3, 0.4) is 0 Å². The lowest BCUT2D eigenvalue weighted by molar-refractivity contribution is -0.143. The molecule has 0 bridgehead atoms. The minimum absolute atomic E-state index is 0.215. The predicted octanol–water partition coefficient (Wildman–Crippen LogP) is 1.78. The summed E-state index contributed by atoms with van der Waals surface area (Å²) in [6, 6.07) is 7.20. The monoisotopic (exact) mass is 354 g/mol. The molecule has 0 saturated carbocycles. The Bertz CT molecular complexity index is 640. The molecule has 1 saturated heterocycles. The fraction of sp³-hybridized carbons (Fsp3) is 0.588. The molecule has 0 radical (unpaired) electrons. The maximum absolute atomic E-state index is 12.6. The number of rotatable bonds is 8. The first-order chi connectivity index (χ1) is 11.5. The predicted molar refractivity (Wildman–Crippen MR) is 92.3 cm³/mol. The second-order valence-electron chi connectivity index (χ2n) is 5.87. The number of carbonyl (C=O) groups is 1. The van der Waals surface area contributed by atoms with E-state index in [1.165, 1.54) is 0 Å². The van der Waals surface area contributed by atoms with E-state index < -0.39 is 10.0 Å². The van der Waals surface area contributed by atoms with Crippen LogP contribution in [0.4, 0.5) is 0 Å². The summed E-state index contributed by atoms with van der Waals surface area (Å²) < 4.78 is 32.7. The van der Waals surface area contributed by atoms with Gasteiger partial charge in [-0.3, -0.25) is 4.79 Å². The van der Waals surface area contributed by atoms with Crippen molar-refractivity contribution in [2.45, 2.75) is 43.4 Å². The summed E-state index contributed by atoms with van der Waals surface area (Å²) in [6.07, 6.45) is 2.52. The summed E-state index contributed by atoms with van der Waals surface area (Å²) in [5.41, 5.74) is 0.886. The summed E-state index contributed by atoms with van der Waals surface area (Å²) in [5.74, 6) is -0.0367. The molecule has 1 aliphatic rings. The van der Waals surface area contributed by atoms with Crippen LogP contribution in [0.2, 0.25) is 0 Å². The molecule has 24 heavy (non-hydrogen) atoms. The van der Waals surface area contributed by atoms with Crippen LogP contribution < -0.4 is 10.0 Å². The van der Waals surface area contributed by atoms with Crippen LogP contribution in [0.25, 0.3) is 0 Å². The maximum atomic E-state index is 12.6. The van der Waals surface area contributed by atoms with E-state index in [2.05, 4.69) is 10.0 Å². The summed E-state index contributed by atoms with van der Waals surface area (Å²) in [5, 5.41) is 3.30. The summed E-state index contributed by atoms with van der Waals surface area (Å²) in [7, 11) is -3.57. The largest absolute Gasteiger partial charge is 0.466 e. The summed E-state index contributed by atoms with van der Waals surface area (Å²) in [4.78, 5) is 11.6. The molecule has 7 heteroatoms. The van der Waals surface area contributed by atoms with Crippen molar-refractivity contribution < 1.29 is 17.9 Å². The Morgan fingerprint density at radius 3 is 2.71 bits per heavy atom. The van der Waals surface area contributed by atoms with Crippen molar-refractivity contribution >= 4 is 16.0 Å². The van der Waals surface area contributed by atoms with Gasteiger partial charge in [0.1, 0.15) is 0 Å². The lowest BCUT2D eigenvalue weighted by Gasteiger charge is -2.25. The van der Waals surface area contributed by atoms with Gasteiger partial charge in [-0.25, -0.2) is 13.1 Å². The minimum Gasteiger partial charge on any atom is -0.466 e. The quantitative estimate of drug-likeness (QED) is 0.549. The lowest BCUT2D eigenvalue weighted by Crippen LogP contribution is -2.30. The number of carbonyl (C=O) groups excluding carboxylic acids is 1. The van der Waals surface area contributed by atoms with Gasteiger partial charge < -0.3 is 10.1 Å². The molecule has 0 unspecified atom stereocenters. The molecule has 1 heterocycles. The first-order valence-corrected chi connectivity index (χ1v) is 9.98. The van der Waals surface area contributed by atoms with Crippen molar-refractivity contribution in [1.82, 2.24) is 10.0 Å². The number of sulfonamides is 1. The van der Waals surface area contributed by atoms with E-state index in [0.717, 1.165) is 31.5 Å². The Kier molecular flexibility index (Phi) is 7.20. The SMILES string of the molecule is CCOC(=O)CCCNS(=O)(=O)c1ccccc1C1CCNCC1. The van der Waals surface area contributed by atoms with E-state index in [-0.39, 0.29) is 24.9 Å². The Balaban J connectivity index is 2.00. The van der Waals surface area contributed by atoms with E-state index in [1.807, 2.05) is 12.1 Å². The van der Waals surface area contributed by atoms with E-state index in [1.54, 1.807) is 19.1 Å². The summed E-state index contributed by atoms with van der Waals surface area (Å²) >= 11 is 0. The molecule has 1 aromatic carbocycles. The Hall–Kier alpha value is -1.44. The van der Waals surface area contributed by atoms with Crippen molar-refractivity contribution in [1.29, 1.82) is 0 Å². The molecule has 1 aliphatic heterocycles. The van der Waals surface area contributed by atoms with E-state index >= 15 is 0 Å². The van der Waals surface area contributed by atoms with Gasteiger partial charge in [0.25, 0.3) is 0 Å². The molecule has 1 aromatic rings. The van der Waals surface area contributed by atoms with Crippen LogP contribution >= 0.6 is 0 Å². The zero-order valence-electron chi connectivity index (χ0n) is 14.1. The standard InChI is InChI=1S/C17H26N2O4S/c1-2-23-17(20)8-5-11-19-24(21,22)16-7-4-3-6-15(16)14-9-12-18-13-10-14/h3-4,6-7,14,18-19H,2,5,8-13H2,1H3. The third-order valence-electron chi connectivity index (χ3n) is 4.14. The van der Waals surface area contributed by atoms with E-state index in [0.29, 0.717) is 17.9 Å².